The van der Waals surface area contributed by atoms with Crippen molar-refractivity contribution >= 4 is 17.7 Å². The van der Waals surface area contributed by atoms with Crippen molar-refractivity contribution in [1.82, 2.24) is 24.9 Å². The quantitative estimate of drug-likeness (QED) is 0.647. The normalized spacial score (nSPS) is 12.2. The fourth-order valence-corrected chi connectivity index (χ4v) is 2.75. The van der Waals surface area contributed by atoms with Crippen LogP contribution >= 0.6 is 0 Å². The van der Waals surface area contributed by atoms with E-state index >= 15 is 0 Å². The van der Waals surface area contributed by atoms with E-state index in [0.717, 1.165) is 17.0 Å². The predicted octanol–water partition coefficient (Wildman–Crippen LogP) is 0.943. The number of aromatic nitrogens is 4. The Bertz CT molecular complexity index is 1080. The second-order valence-electron chi connectivity index (χ2n) is 6.23. The number of hydrogen-bond acceptors (Lipinski definition) is 8. The molecule has 4 rings (SSSR count). The van der Waals surface area contributed by atoms with Crippen molar-refractivity contribution in [3.63, 3.8) is 0 Å². The molecule has 0 bridgehead atoms. The van der Waals surface area contributed by atoms with Crippen molar-refractivity contribution in [3.05, 3.63) is 47.0 Å². The number of amides is 1. The van der Waals surface area contributed by atoms with Gasteiger partial charge < -0.3 is 19.5 Å². The zero-order valence-corrected chi connectivity index (χ0v) is 15.3. The summed E-state index contributed by atoms with van der Waals surface area (Å²) in [6.07, 6.45) is 0. The zero-order valence-electron chi connectivity index (χ0n) is 15.3. The second kappa shape index (κ2) is 7.14. The van der Waals surface area contributed by atoms with Crippen LogP contribution in [0.1, 0.15) is 27.6 Å². The van der Waals surface area contributed by atoms with Gasteiger partial charge in [-0.25, -0.2) is 14.3 Å². The summed E-state index contributed by atoms with van der Waals surface area (Å²) in [5, 5.41) is 6.74. The van der Waals surface area contributed by atoms with Crippen molar-refractivity contribution < 1.29 is 23.8 Å². The van der Waals surface area contributed by atoms with E-state index in [9.17, 15) is 9.59 Å². The molecule has 1 aromatic carbocycles. The Labute approximate surface area is 159 Å². The third-order valence-corrected chi connectivity index (χ3v) is 4.06. The van der Waals surface area contributed by atoms with Gasteiger partial charge in [0, 0.05) is 17.9 Å². The number of hydrogen-bond donors (Lipinski definition) is 1. The Morgan fingerprint density at radius 3 is 2.86 bits per heavy atom. The summed E-state index contributed by atoms with van der Waals surface area (Å²) >= 11 is 0. The number of esters is 1. The van der Waals surface area contributed by atoms with E-state index < -0.39 is 18.5 Å². The molecule has 0 saturated carbocycles. The standard InChI is InChI=1S/C18H17N5O5/c1-10-5-11(2)23-18(20-10)21-16(22-23)17(25)26-8-15(24)19-7-12-3-4-13-14(6-12)28-9-27-13/h3-6H,7-9H2,1-2H3,(H,19,24). The summed E-state index contributed by atoms with van der Waals surface area (Å²) in [7, 11) is 0. The molecular formula is C18H17N5O5. The van der Waals surface area contributed by atoms with E-state index in [1.807, 2.05) is 26.0 Å². The van der Waals surface area contributed by atoms with Crippen LogP contribution in [0.25, 0.3) is 5.78 Å². The highest BCUT2D eigenvalue weighted by molar-refractivity contribution is 5.88. The van der Waals surface area contributed by atoms with Gasteiger partial charge in [-0.05, 0) is 37.6 Å². The Morgan fingerprint density at radius 2 is 2.00 bits per heavy atom. The molecule has 0 spiro atoms. The molecular weight excluding hydrogens is 366 g/mol. The van der Waals surface area contributed by atoms with Crippen LogP contribution in [-0.2, 0) is 16.1 Å². The Kier molecular flexibility index (Phi) is 4.52. The van der Waals surface area contributed by atoms with Crippen molar-refractivity contribution in [2.45, 2.75) is 20.4 Å². The number of rotatable bonds is 5. The van der Waals surface area contributed by atoms with E-state index in [4.69, 9.17) is 14.2 Å². The molecule has 10 nitrogen and oxygen atoms in total. The number of benzene rings is 1. The molecule has 1 aliphatic rings. The molecule has 28 heavy (non-hydrogen) atoms. The first-order valence-electron chi connectivity index (χ1n) is 8.53. The van der Waals surface area contributed by atoms with Gasteiger partial charge in [-0.2, -0.15) is 4.98 Å². The zero-order chi connectivity index (χ0) is 19.7. The van der Waals surface area contributed by atoms with Gasteiger partial charge in [-0.15, -0.1) is 5.10 Å². The maximum Gasteiger partial charge on any atom is 0.378 e. The average Bonchev–Trinajstić information content (AvgIpc) is 3.30. The highest BCUT2D eigenvalue weighted by atomic mass is 16.7. The third kappa shape index (κ3) is 3.56. The molecule has 0 fully saturated rings. The molecule has 0 saturated heterocycles. The van der Waals surface area contributed by atoms with Crippen LogP contribution < -0.4 is 14.8 Å². The lowest BCUT2D eigenvalue weighted by molar-refractivity contribution is -0.124. The minimum absolute atomic E-state index is 0.148. The topological polar surface area (TPSA) is 117 Å². The van der Waals surface area contributed by atoms with E-state index in [0.29, 0.717) is 17.3 Å². The molecule has 0 aliphatic carbocycles. The molecule has 2 aromatic heterocycles. The molecule has 0 unspecified atom stereocenters. The predicted molar refractivity (Wildman–Crippen MR) is 95.0 cm³/mol. The number of carbonyl (C=O) groups excluding carboxylic acids is 2. The third-order valence-electron chi connectivity index (χ3n) is 4.06. The van der Waals surface area contributed by atoms with Gasteiger partial charge in [0.25, 0.3) is 17.5 Å². The summed E-state index contributed by atoms with van der Waals surface area (Å²) in [6.45, 7) is 3.67. The molecule has 1 N–H and O–H groups in total. The summed E-state index contributed by atoms with van der Waals surface area (Å²) < 4.78 is 17.0. The minimum Gasteiger partial charge on any atom is -0.454 e. The molecule has 144 valence electrons. The molecule has 1 aliphatic heterocycles. The Balaban J connectivity index is 1.32. The van der Waals surface area contributed by atoms with Crippen molar-refractivity contribution in [2.75, 3.05) is 13.4 Å². The van der Waals surface area contributed by atoms with Crippen LogP contribution in [0.3, 0.4) is 0 Å². The highest BCUT2D eigenvalue weighted by Gasteiger charge is 2.18. The van der Waals surface area contributed by atoms with E-state index in [2.05, 4.69) is 20.4 Å². The average molecular weight is 383 g/mol. The first-order valence-corrected chi connectivity index (χ1v) is 8.53. The van der Waals surface area contributed by atoms with Crippen LogP contribution in [0, 0.1) is 13.8 Å². The number of aryl methyl sites for hydroxylation is 2. The van der Waals surface area contributed by atoms with Crippen LogP contribution in [0.4, 0.5) is 0 Å². The van der Waals surface area contributed by atoms with Crippen LogP contribution in [-0.4, -0.2) is 44.9 Å². The van der Waals surface area contributed by atoms with Crippen molar-refractivity contribution in [1.29, 1.82) is 0 Å². The second-order valence-corrected chi connectivity index (χ2v) is 6.23. The minimum atomic E-state index is -0.791. The number of nitrogens with one attached hydrogen (secondary N) is 1. The molecule has 3 aromatic rings. The number of nitrogens with zero attached hydrogens (tertiary/aromatic N) is 4. The van der Waals surface area contributed by atoms with Gasteiger partial charge in [0.15, 0.2) is 18.1 Å². The summed E-state index contributed by atoms with van der Waals surface area (Å²) in [5.41, 5.74) is 2.39. The van der Waals surface area contributed by atoms with E-state index in [-0.39, 0.29) is 19.2 Å². The Hall–Kier alpha value is -3.69. The SMILES string of the molecule is Cc1cc(C)n2nc(C(=O)OCC(=O)NCc3ccc4c(c3)OCO4)nc2n1. The van der Waals surface area contributed by atoms with Gasteiger partial charge in [0.2, 0.25) is 6.79 Å². The van der Waals surface area contributed by atoms with Gasteiger partial charge in [0.05, 0.1) is 0 Å². The van der Waals surface area contributed by atoms with Crippen LogP contribution in [0.5, 0.6) is 11.5 Å². The summed E-state index contributed by atoms with van der Waals surface area (Å²) in [5.74, 6) is 0.223. The lowest BCUT2D eigenvalue weighted by Gasteiger charge is -2.06. The maximum absolute atomic E-state index is 12.1. The number of fused-ring (bicyclic) bond motifs is 2. The molecule has 3 heterocycles. The van der Waals surface area contributed by atoms with E-state index in [1.54, 1.807) is 12.1 Å². The number of ether oxygens (including phenoxy) is 3. The van der Waals surface area contributed by atoms with Gasteiger partial charge in [-0.1, -0.05) is 6.07 Å². The van der Waals surface area contributed by atoms with Gasteiger partial charge >= 0.3 is 5.97 Å². The highest BCUT2D eigenvalue weighted by Crippen LogP contribution is 2.32. The fourth-order valence-electron chi connectivity index (χ4n) is 2.75. The Morgan fingerprint density at radius 1 is 1.18 bits per heavy atom. The van der Waals surface area contributed by atoms with Crippen LogP contribution in [0.15, 0.2) is 24.3 Å². The largest absolute Gasteiger partial charge is 0.454 e. The van der Waals surface area contributed by atoms with E-state index in [1.165, 1.54) is 4.52 Å². The molecule has 10 heteroatoms. The summed E-state index contributed by atoms with van der Waals surface area (Å²) in [6, 6.07) is 7.20. The maximum atomic E-state index is 12.1. The first kappa shape index (κ1) is 17.7. The van der Waals surface area contributed by atoms with Crippen LogP contribution in [0.2, 0.25) is 0 Å². The van der Waals surface area contributed by atoms with Crippen molar-refractivity contribution in [2.24, 2.45) is 0 Å². The van der Waals surface area contributed by atoms with Gasteiger partial charge in [-0.3, -0.25) is 4.79 Å². The van der Waals surface area contributed by atoms with Crippen molar-refractivity contribution in [3.8, 4) is 11.5 Å². The monoisotopic (exact) mass is 383 g/mol. The molecule has 1 amide bonds. The fraction of sp³-hybridized carbons (Fsp3) is 0.278. The smallest absolute Gasteiger partial charge is 0.378 e. The van der Waals surface area contributed by atoms with Gasteiger partial charge in [0.1, 0.15) is 0 Å². The first-order chi connectivity index (χ1) is 13.5. The lowest BCUT2D eigenvalue weighted by atomic mass is 10.2. The number of carbonyl (C=O) groups is 2. The molecule has 0 radical (unpaired) electrons. The molecule has 0 atom stereocenters. The summed E-state index contributed by atoms with van der Waals surface area (Å²) in [4.78, 5) is 32.3. The lowest BCUT2D eigenvalue weighted by Crippen LogP contribution is -2.28.